The molecule has 1 N–H and O–H groups in total. The third-order valence-electron chi connectivity index (χ3n) is 4.95. The van der Waals surface area contributed by atoms with Gasteiger partial charge in [0.05, 0.1) is 11.7 Å². The minimum atomic E-state index is -0.242. The monoisotopic (exact) mass is 331 g/mol. The van der Waals surface area contributed by atoms with Crippen LogP contribution in [0.5, 0.6) is 0 Å². The van der Waals surface area contributed by atoms with Crippen LogP contribution >= 0.6 is 0 Å². The molecule has 7 heteroatoms. The SMILES string of the molecule is Cc1cc(NC(=O)[C@H](C)N2CCC[C@@H]2c2c(C)nn(C)c2C)no1. The molecule has 0 spiro atoms. The second kappa shape index (κ2) is 6.39. The number of rotatable bonds is 4. The molecular weight excluding hydrogens is 306 g/mol. The topological polar surface area (TPSA) is 76.2 Å². The van der Waals surface area contributed by atoms with E-state index in [2.05, 4.69) is 27.4 Å². The highest BCUT2D eigenvalue weighted by molar-refractivity contribution is 5.93. The van der Waals surface area contributed by atoms with E-state index in [1.54, 1.807) is 13.0 Å². The normalized spacial score (nSPS) is 19.6. The molecule has 0 radical (unpaired) electrons. The third-order valence-corrected chi connectivity index (χ3v) is 4.95. The lowest BCUT2D eigenvalue weighted by atomic mass is 10.0. The Bertz CT molecular complexity index is 748. The third kappa shape index (κ3) is 2.96. The molecule has 0 aromatic carbocycles. The average molecular weight is 331 g/mol. The molecule has 3 heterocycles. The average Bonchev–Trinajstić information content (AvgIpc) is 3.20. The number of nitrogens with one attached hydrogen (secondary N) is 1. The molecule has 1 aliphatic rings. The maximum absolute atomic E-state index is 12.6. The van der Waals surface area contributed by atoms with E-state index >= 15 is 0 Å². The van der Waals surface area contributed by atoms with Crippen molar-refractivity contribution in [1.29, 1.82) is 0 Å². The highest BCUT2D eigenvalue weighted by atomic mass is 16.5. The van der Waals surface area contributed by atoms with Crippen LogP contribution in [0.4, 0.5) is 5.82 Å². The Labute approximate surface area is 142 Å². The Morgan fingerprint density at radius 2 is 2.17 bits per heavy atom. The van der Waals surface area contributed by atoms with Crippen molar-refractivity contribution in [2.24, 2.45) is 7.05 Å². The lowest BCUT2D eigenvalue weighted by Crippen LogP contribution is -2.41. The van der Waals surface area contributed by atoms with Gasteiger partial charge in [-0.1, -0.05) is 5.16 Å². The number of carbonyl (C=O) groups excluding carboxylic acids is 1. The summed E-state index contributed by atoms with van der Waals surface area (Å²) < 4.78 is 6.93. The van der Waals surface area contributed by atoms with E-state index in [4.69, 9.17) is 4.52 Å². The van der Waals surface area contributed by atoms with Crippen LogP contribution in [0.1, 0.15) is 48.5 Å². The standard InChI is InChI=1S/C17H25N5O2/c1-10-9-15(20-24-10)18-17(23)13(4)22-8-6-7-14(22)16-11(2)19-21(5)12(16)3/h9,13-14H,6-8H2,1-5H3,(H,18,20,23)/t13-,14+/m0/s1. The highest BCUT2D eigenvalue weighted by Crippen LogP contribution is 2.36. The smallest absolute Gasteiger partial charge is 0.242 e. The molecular formula is C17H25N5O2. The predicted octanol–water partition coefficient (Wildman–Crippen LogP) is 2.50. The van der Waals surface area contributed by atoms with E-state index in [0.29, 0.717) is 11.6 Å². The first-order valence-corrected chi connectivity index (χ1v) is 8.38. The Morgan fingerprint density at radius 1 is 1.42 bits per heavy atom. The fourth-order valence-electron chi connectivity index (χ4n) is 3.64. The van der Waals surface area contributed by atoms with E-state index in [0.717, 1.165) is 25.1 Å². The van der Waals surface area contributed by atoms with Crippen molar-refractivity contribution in [3.05, 3.63) is 28.8 Å². The van der Waals surface area contributed by atoms with Crippen LogP contribution < -0.4 is 5.32 Å². The van der Waals surface area contributed by atoms with Gasteiger partial charge in [0, 0.05) is 30.4 Å². The lowest BCUT2D eigenvalue weighted by Gasteiger charge is -2.30. The summed E-state index contributed by atoms with van der Waals surface area (Å²) in [6.07, 6.45) is 2.13. The Hall–Kier alpha value is -2.15. The van der Waals surface area contributed by atoms with Gasteiger partial charge in [0.2, 0.25) is 5.91 Å². The van der Waals surface area contributed by atoms with Gasteiger partial charge in [-0.25, -0.2) is 0 Å². The molecule has 0 unspecified atom stereocenters. The van der Waals surface area contributed by atoms with Gasteiger partial charge in [0.15, 0.2) is 5.82 Å². The zero-order chi connectivity index (χ0) is 17.4. The van der Waals surface area contributed by atoms with E-state index in [9.17, 15) is 4.79 Å². The molecule has 24 heavy (non-hydrogen) atoms. The predicted molar refractivity (Wildman–Crippen MR) is 90.7 cm³/mol. The number of amides is 1. The lowest BCUT2D eigenvalue weighted by molar-refractivity contribution is -0.121. The molecule has 2 aromatic heterocycles. The molecule has 1 saturated heterocycles. The Balaban J connectivity index is 1.78. The fraction of sp³-hybridized carbons (Fsp3) is 0.588. The molecule has 2 atom stereocenters. The van der Waals surface area contributed by atoms with E-state index in [-0.39, 0.29) is 18.0 Å². The minimum Gasteiger partial charge on any atom is -0.360 e. The van der Waals surface area contributed by atoms with Gasteiger partial charge < -0.3 is 9.84 Å². The summed E-state index contributed by atoms with van der Waals surface area (Å²) in [6, 6.07) is 1.72. The number of likely N-dealkylation sites (tertiary alicyclic amines) is 1. The van der Waals surface area contributed by atoms with Crippen molar-refractivity contribution in [1.82, 2.24) is 19.8 Å². The molecule has 1 aliphatic heterocycles. The van der Waals surface area contributed by atoms with E-state index < -0.39 is 0 Å². The number of anilines is 1. The number of carbonyl (C=O) groups is 1. The molecule has 130 valence electrons. The zero-order valence-corrected chi connectivity index (χ0v) is 15.0. The summed E-state index contributed by atoms with van der Waals surface area (Å²) in [5, 5.41) is 11.2. The van der Waals surface area contributed by atoms with Crippen LogP contribution in [-0.4, -0.2) is 38.3 Å². The van der Waals surface area contributed by atoms with Crippen molar-refractivity contribution in [2.45, 2.75) is 52.6 Å². The number of hydrogen-bond donors (Lipinski definition) is 1. The molecule has 0 aliphatic carbocycles. The van der Waals surface area contributed by atoms with Gasteiger partial charge in [-0.3, -0.25) is 14.4 Å². The van der Waals surface area contributed by atoms with E-state index in [1.165, 1.54) is 11.3 Å². The van der Waals surface area contributed by atoms with Gasteiger partial charge in [0.1, 0.15) is 5.76 Å². The Morgan fingerprint density at radius 3 is 2.75 bits per heavy atom. The zero-order valence-electron chi connectivity index (χ0n) is 15.0. The molecule has 3 rings (SSSR count). The Kier molecular flexibility index (Phi) is 4.45. The maximum Gasteiger partial charge on any atom is 0.242 e. The van der Waals surface area contributed by atoms with Crippen LogP contribution in [0.3, 0.4) is 0 Å². The first kappa shape index (κ1) is 16.7. The summed E-state index contributed by atoms with van der Waals surface area (Å²) in [5.41, 5.74) is 3.47. The van der Waals surface area contributed by atoms with Crippen LogP contribution in [0.15, 0.2) is 10.6 Å². The van der Waals surface area contributed by atoms with Crippen LogP contribution in [0, 0.1) is 20.8 Å². The van der Waals surface area contributed by atoms with Crippen molar-refractivity contribution in [3.8, 4) is 0 Å². The number of aryl methyl sites for hydroxylation is 3. The molecule has 0 saturated carbocycles. The summed E-state index contributed by atoms with van der Waals surface area (Å²) in [6.45, 7) is 8.79. The second-order valence-corrected chi connectivity index (χ2v) is 6.59. The van der Waals surface area contributed by atoms with E-state index in [1.807, 2.05) is 25.6 Å². The first-order valence-electron chi connectivity index (χ1n) is 8.38. The van der Waals surface area contributed by atoms with Gasteiger partial charge in [-0.05, 0) is 47.1 Å². The number of aromatic nitrogens is 3. The first-order chi connectivity index (χ1) is 11.4. The number of hydrogen-bond acceptors (Lipinski definition) is 5. The summed E-state index contributed by atoms with van der Waals surface area (Å²) >= 11 is 0. The largest absolute Gasteiger partial charge is 0.360 e. The summed E-state index contributed by atoms with van der Waals surface area (Å²) in [4.78, 5) is 14.9. The molecule has 1 amide bonds. The second-order valence-electron chi connectivity index (χ2n) is 6.59. The van der Waals surface area contributed by atoms with Crippen LogP contribution in [0.25, 0.3) is 0 Å². The fourth-order valence-corrected chi connectivity index (χ4v) is 3.64. The minimum absolute atomic E-state index is 0.0607. The van der Waals surface area contributed by atoms with Crippen molar-refractivity contribution >= 4 is 11.7 Å². The van der Waals surface area contributed by atoms with Gasteiger partial charge in [-0.2, -0.15) is 5.10 Å². The maximum atomic E-state index is 12.6. The molecule has 0 bridgehead atoms. The quantitative estimate of drug-likeness (QED) is 0.931. The van der Waals surface area contributed by atoms with Gasteiger partial charge in [-0.15, -0.1) is 0 Å². The van der Waals surface area contributed by atoms with Crippen LogP contribution in [0.2, 0.25) is 0 Å². The highest BCUT2D eigenvalue weighted by Gasteiger charge is 2.35. The summed E-state index contributed by atoms with van der Waals surface area (Å²) in [7, 11) is 1.97. The molecule has 7 nitrogen and oxygen atoms in total. The van der Waals surface area contributed by atoms with Crippen molar-refractivity contribution < 1.29 is 9.32 Å². The van der Waals surface area contributed by atoms with Crippen molar-refractivity contribution in [2.75, 3.05) is 11.9 Å². The molecule has 1 fully saturated rings. The molecule has 2 aromatic rings. The number of nitrogens with zero attached hydrogens (tertiary/aromatic N) is 4. The summed E-state index contributed by atoms with van der Waals surface area (Å²) in [5.74, 6) is 1.09. The van der Waals surface area contributed by atoms with Gasteiger partial charge >= 0.3 is 0 Å². The van der Waals surface area contributed by atoms with Crippen molar-refractivity contribution in [3.63, 3.8) is 0 Å². The van der Waals surface area contributed by atoms with Crippen LogP contribution in [-0.2, 0) is 11.8 Å². The van der Waals surface area contributed by atoms with Gasteiger partial charge in [0.25, 0.3) is 0 Å².